The largest absolute Gasteiger partial charge is 0.382 e. The third kappa shape index (κ3) is 2.22. The molecule has 0 saturated carbocycles. The zero-order valence-corrected chi connectivity index (χ0v) is 9.29. The van der Waals surface area contributed by atoms with Gasteiger partial charge in [-0.15, -0.1) is 5.11 Å². The maximum Gasteiger partial charge on any atom is 0.294 e. The zero-order chi connectivity index (χ0) is 12.3. The van der Waals surface area contributed by atoms with Gasteiger partial charge in [-0.3, -0.25) is 19.6 Å². The van der Waals surface area contributed by atoms with Gasteiger partial charge in [-0.25, -0.2) is 0 Å². The molecular weight excluding hydrogens is 220 g/mol. The quantitative estimate of drug-likeness (QED) is 0.785. The number of hydrogen-bond acceptors (Lipinski definition) is 5. The van der Waals surface area contributed by atoms with Gasteiger partial charge < -0.3 is 5.73 Å². The highest BCUT2D eigenvalue weighted by atomic mass is 16.1. The van der Waals surface area contributed by atoms with Crippen LogP contribution in [0.4, 0.5) is 17.2 Å². The lowest BCUT2D eigenvalue weighted by Crippen LogP contribution is -2.05. The number of anilines is 1. The number of nitrogens with zero attached hydrogens (tertiary/aromatic N) is 4. The van der Waals surface area contributed by atoms with E-state index in [1.807, 2.05) is 6.92 Å². The second kappa shape index (κ2) is 4.60. The van der Waals surface area contributed by atoms with E-state index in [0.717, 1.165) is 0 Å². The van der Waals surface area contributed by atoms with Crippen molar-refractivity contribution in [3.63, 3.8) is 0 Å². The van der Waals surface area contributed by atoms with Gasteiger partial charge in [0.05, 0.1) is 5.69 Å². The van der Waals surface area contributed by atoms with Crippen molar-refractivity contribution < 1.29 is 0 Å². The lowest BCUT2D eigenvalue weighted by molar-refractivity contribution is 0.662. The highest BCUT2D eigenvalue weighted by Gasteiger charge is 2.09. The summed E-state index contributed by atoms with van der Waals surface area (Å²) in [5.41, 5.74) is 6.14. The summed E-state index contributed by atoms with van der Waals surface area (Å²) in [6.07, 6.45) is 3.19. The number of aromatic nitrogens is 3. The number of nitrogens with two attached hydrogens (primary N) is 1. The number of aromatic amines is 1. The minimum atomic E-state index is -0.345. The van der Waals surface area contributed by atoms with E-state index in [1.54, 1.807) is 24.5 Å². The first-order valence-corrected chi connectivity index (χ1v) is 5.12. The van der Waals surface area contributed by atoms with Gasteiger partial charge in [0.2, 0.25) is 0 Å². The Morgan fingerprint density at radius 2 is 2.12 bits per heavy atom. The highest BCUT2D eigenvalue weighted by molar-refractivity contribution is 5.56. The van der Waals surface area contributed by atoms with Crippen molar-refractivity contribution in [1.29, 1.82) is 0 Å². The van der Waals surface area contributed by atoms with Crippen molar-refractivity contribution in [3.8, 4) is 0 Å². The second-order valence-electron chi connectivity index (χ2n) is 3.32. The lowest BCUT2D eigenvalue weighted by Gasteiger charge is -1.97. The lowest BCUT2D eigenvalue weighted by atomic mass is 10.4. The molecular formula is C10H12N6O. The molecule has 0 aliphatic rings. The Kier molecular flexibility index (Phi) is 2.99. The molecule has 0 aliphatic carbocycles. The molecule has 0 spiro atoms. The maximum absolute atomic E-state index is 11.5. The van der Waals surface area contributed by atoms with Gasteiger partial charge in [-0.2, -0.15) is 5.11 Å². The molecule has 2 rings (SSSR count). The molecule has 3 N–H and O–H groups in total. The molecule has 2 aromatic heterocycles. The Morgan fingerprint density at radius 1 is 1.41 bits per heavy atom. The average molecular weight is 232 g/mol. The number of H-pyrrole nitrogens is 1. The summed E-state index contributed by atoms with van der Waals surface area (Å²) < 4.78 is 1.52. The number of aryl methyl sites for hydroxylation is 1. The van der Waals surface area contributed by atoms with E-state index in [2.05, 4.69) is 20.3 Å². The predicted molar refractivity (Wildman–Crippen MR) is 63.6 cm³/mol. The molecule has 0 unspecified atom stereocenters. The van der Waals surface area contributed by atoms with Gasteiger partial charge in [-0.05, 0) is 19.1 Å². The van der Waals surface area contributed by atoms with Gasteiger partial charge in [0.25, 0.3) is 5.56 Å². The predicted octanol–water partition coefficient (Wildman–Crippen LogP) is 1.59. The Morgan fingerprint density at radius 3 is 2.71 bits per heavy atom. The molecule has 0 aliphatic heterocycles. The standard InChI is InChI=1S/C10H12N6O/c1-2-16-9(11)8(10(17)15-16)14-13-7-3-5-12-6-4-7/h3-6H,2,11H2,1H3,(H,15,17)/b14-13+. The van der Waals surface area contributed by atoms with Crippen LogP contribution in [0.1, 0.15) is 6.92 Å². The summed E-state index contributed by atoms with van der Waals surface area (Å²) >= 11 is 0. The summed E-state index contributed by atoms with van der Waals surface area (Å²) in [7, 11) is 0. The maximum atomic E-state index is 11.5. The van der Waals surface area contributed by atoms with Crippen LogP contribution in [0.25, 0.3) is 0 Å². The Hall–Kier alpha value is -2.44. The number of nitrogens with one attached hydrogen (secondary N) is 1. The molecule has 0 atom stereocenters. The summed E-state index contributed by atoms with van der Waals surface area (Å²) in [6, 6.07) is 3.37. The smallest absolute Gasteiger partial charge is 0.294 e. The number of azo groups is 1. The fourth-order valence-electron chi connectivity index (χ4n) is 1.34. The van der Waals surface area contributed by atoms with Crippen LogP contribution < -0.4 is 11.3 Å². The minimum Gasteiger partial charge on any atom is -0.382 e. The molecule has 0 bridgehead atoms. The molecule has 0 aromatic carbocycles. The Labute approximate surface area is 97.0 Å². The number of hydrogen-bond donors (Lipinski definition) is 2. The van der Waals surface area contributed by atoms with Crippen LogP contribution in [0.15, 0.2) is 39.5 Å². The third-order valence-corrected chi connectivity index (χ3v) is 2.23. The number of nitrogen functional groups attached to an aromatic ring is 1. The number of rotatable bonds is 3. The Bertz CT molecular complexity index is 583. The molecule has 0 saturated heterocycles. The Balaban J connectivity index is 2.34. The van der Waals surface area contributed by atoms with Gasteiger partial charge >= 0.3 is 0 Å². The first-order valence-electron chi connectivity index (χ1n) is 5.12. The zero-order valence-electron chi connectivity index (χ0n) is 9.29. The van der Waals surface area contributed by atoms with Gasteiger partial charge in [0.1, 0.15) is 0 Å². The molecule has 0 radical (unpaired) electrons. The van der Waals surface area contributed by atoms with E-state index in [0.29, 0.717) is 12.2 Å². The molecule has 88 valence electrons. The molecule has 2 aromatic rings. The molecule has 2 heterocycles. The average Bonchev–Trinajstić information content (AvgIpc) is 2.63. The molecule has 7 heteroatoms. The monoisotopic (exact) mass is 232 g/mol. The number of pyridine rings is 1. The topological polar surface area (TPSA) is 101 Å². The van der Waals surface area contributed by atoms with Crippen LogP contribution in [-0.4, -0.2) is 14.8 Å². The van der Waals surface area contributed by atoms with E-state index < -0.39 is 0 Å². The molecule has 0 amide bonds. The van der Waals surface area contributed by atoms with Crippen LogP contribution in [0, 0.1) is 0 Å². The van der Waals surface area contributed by atoms with Crippen LogP contribution in [0.3, 0.4) is 0 Å². The first kappa shape index (κ1) is 11.1. The summed E-state index contributed by atoms with van der Waals surface area (Å²) in [6.45, 7) is 2.45. The van der Waals surface area contributed by atoms with Crippen molar-refractivity contribution in [2.75, 3.05) is 5.73 Å². The molecule has 0 fully saturated rings. The third-order valence-electron chi connectivity index (χ3n) is 2.23. The SMILES string of the molecule is CCn1[nH]c(=O)c(/N=N/c2ccncc2)c1N. The van der Waals surface area contributed by atoms with E-state index in [1.165, 1.54) is 4.68 Å². The van der Waals surface area contributed by atoms with Crippen molar-refractivity contribution >= 4 is 17.2 Å². The van der Waals surface area contributed by atoms with E-state index in [4.69, 9.17) is 5.73 Å². The summed E-state index contributed by atoms with van der Waals surface area (Å²) in [5.74, 6) is 0.287. The van der Waals surface area contributed by atoms with Crippen LogP contribution in [-0.2, 0) is 6.54 Å². The second-order valence-corrected chi connectivity index (χ2v) is 3.32. The van der Waals surface area contributed by atoms with Crippen molar-refractivity contribution in [1.82, 2.24) is 14.8 Å². The van der Waals surface area contributed by atoms with Crippen LogP contribution >= 0.6 is 0 Å². The van der Waals surface area contributed by atoms with E-state index in [9.17, 15) is 4.79 Å². The van der Waals surface area contributed by atoms with Crippen LogP contribution in [0.2, 0.25) is 0 Å². The van der Waals surface area contributed by atoms with Gasteiger partial charge in [0.15, 0.2) is 11.5 Å². The van der Waals surface area contributed by atoms with Crippen LogP contribution in [0.5, 0.6) is 0 Å². The fraction of sp³-hybridized carbons (Fsp3) is 0.200. The molecule has 17 heavy (non-hydrogen) atoms. The minimum absolute atomic E-state index is 0.128. The van der Waals surface area contributed by atoms with Crippen molar-refractivity contribution in [3.05, 3.63) is 34.9 Å². The van der Waals surface area contributed by atoms with Gasteiger partial charge in [-0.1, -0.05) is 0 Å². The van der Waals surface area contributed by atoms with E-state index in [-0.39, 0.29) is 17.1 Å². The molecule has 7 nitrogen and oxygen atoms in total. The summed E-state index contributed by atoms with van der Waals surface area (Å²) in [4.78, 5) is 15.4. The van der Waals surface area contributed by atoms with E-state index >= 15 is 0 Å². The van der Waals surface area contributed by atoms with Crippen molar-refractivity contribution in [2.24, 2.45) is 10.2 Å². The first-order chi connectivity index (χ1) is 8.22. The fourth-order valence-corrected chi connectivity index (χ4v) is 1.34. The highest BCUT2D eigenvalue weighted by Crippen LogP contribution is 2.19. The van der Waals surface area contributed by atoms with Crippen molar-refractivity contribution in [2.45, 2.75) is 13.5 Å². The summed E-state index contributed by atoms with van der Waals surface area (Å²) in [5, 5.41) is 10.3. The normalized spacial score (nSPS) is 11.1. The van der Waals surface area contributed by atoms with Gasteiger partial charge in [0, 0.05) is 18.9 Å².